The van der Waals surface area contributed by atoms with E-state index in [-0.39, 0.29) is 0 Å². The van der Waals surface area contributed by atoms with Crippen molar-refractivity contribution in [2.24, 2.45) is 0 Å². The van der Waals surface area contributed by atoms with Crippen LogP contribution in [0.2, 0.25) is 58.9 Å². The Bertz CT molecular complexity index is 1200. The highest BCUT2D eigenvalue weighted by atomic mass is 28.5. The van der Waals surface area contributed by atoms with Crippen LogP contribution in [0.5, 0.6) is 0 Å². The molecule has 0 aliphatic rings. The molecule has 0 bridgehead atoms. The van der Waals surface area contributed by atoms with E-state index in [4.69, 9.17) is 104 Å². The molecule has 1 atom stereocenters. The predicted octanol–water partition coefficient (Wildman–Crippen LogP) is 5.35. The molecule has 34 heteroatoms. The molecule has 0 aromatic rings. The van der Waals surface area contributed by atoms with Crippen molar-refractivity contribution < 1.29 is 104 Å². The molecule has 0 spiro atoms. The van der Waals surface area contributed by atoms with Crippen LogP contribution in [0.25, 0.3) is 0 Å². The van der Waals surface area contributed by atoms with Crippen LogP contribution in [-0.2, 0) is 104 Å². The Balaban J connectivity index is -0.000000937. The Morgan fingerprint density at radius 1 is 0.209 bits per heavy atom. The molecule has 0 saturated heterocycles. The fraction of sp³-hybridized carbons (Fsp3) is 1.00. The van der Waals surface area contributed by atoms with Crippen molar-refractivity contribution >= 4 is 88.3 Å². The zero-order chi connectivity index (χ0) is 52.9. The zero-order valence-corrected chi connectivity index (χ0v) is 55.7. The van der Waals surface area contributed by atoms with Gasteiger partial charge in [-0.05, 0) is 61.6 Å². The van der Waals surface area contributed by atoms with Crippen LogP contribution in [-0.4, -0.2) is 206 Å². The van der Waals surface area contributed by atoms with Crippen LogP contribution in [0.1, 0.15) is 48.5 Å². The minimum Gasteiger partial charge on any atom is -0.394 e. The van der Waals surface area contributed by atoms with E-state index < -0.39 is 88.3 Å². The van der Waals surface area contributed by atoms with Gasteiger partial charge in [-0.25, -0.2) is 0 Å². The molecule has 24 nitrogen and oxygen atoms in total. The van der Waals surface area contributed by atoms with Crippen LogP contribution in [0, 0.1) is 0 Å². The van der Waals surface area contributed by atoms with Gasteiger partial charge in [0.2, 0.25) is 0 Å². The Labute approximate surface area is 415 Å². The molecule has 0 amide bonds. The SMILES string of the molecule is CCO[Si](C)(OCC)O[Si](OCC)(OCC)O[Si](OCC)(OCC)OCC.CO[Si](C)(OC)O[Si](C)(C)O[Si](C)(OC)O[Si](C)(OC)OC.CO[Si](C)(OC)O[Si](C)(OC)O[Si](C)(OC)OC. The molecule has 0 heterocycles. The van der Waals surface area contributed by atoms with E-state index in [1.165, 1.54) is 35.5 Å². The number of hydrogen-bond donors (Lipinski definition) is 0. The lowest BCUT2D eigenvalue weighted by molar-refractivity contribution is -0.0559. The van der Waals surface area contributed by atoms with Crippen LogP contribution >= 0.6 is 0 Å². The van der Waals surface area contributed by atoms with Crippen molar-refractivity contribution in [1.82, 2.24) is 0 Å². The summed E-state index contributed by atoms with van der Waals surface area (Å²) in [4.78, 5) is 0. The largest absolute Gasteiger partial charge is 0.673 e. The highest BCUT2D eigenvalue weighted by Gasteiger charge is 2.63. The van der Waals surface area contributed by atoms with E-state index in [0.29, 0.717) is 46.2 Å². The summed E-state index contributed by atoms with van der Waals surface area (Å²) in [5, 5.41) is 0. The molecule has 0 aromatic carbocycles. The smallest absolute Gasteiger partial charge is 0.394 e. The summed E-state index contributed by atoms with van der Waals surface area (Å²) < 4.78 is 136. The molecule has 0 saturated carbocycles. The van der Waals surface area contributed by atoms with Crippen molar-refractivity contribution in [2.45, 2.75) is 107 Å². The molecule has 0 fully saturated rings. The summed E-state index contributed by atoms with van der Waals surface area (Å²) in [6.45, 7) is 31.7. The summed E-state index contributed by atoms with van der Waals surface area (Å²) in [5.74, 6) is 0. The van der Waals surface area contributed by atoms with Crippen LogP contribution in [0.3, 0.4) is 0 Å². The molecule has 0 aromatic heterocycles. The van der Waals surface area contributed by atoms with Crippen LogP contribution in [0.4, 0.5) is 0 Å². The molecule has 1 unspecified atom stereocenters. The lowest BCUT2D eigenvalue weighted by atomic mass is 10.9. The minimum absolute atomic E-state index is 0.309. The Morgan fingerprint density at radius 2 is 0.418 bits per heavy atom. The summed E-state index contributed by atoms with van der Waals surface area (Å²) >= 11 is 0. The lowest BCUT2D eigenvalue weighted by Gasteiger charge is -2.39. The summed E-state index contributed by atoms with van der Waals surface area (Å²) in [7, 11) is -14.6. The first kappa shape index (κ1) is 72.5. The lowest BCUT2D eigenvalue weighted by Crippen LogP contribution is -2.66. The molecule has 0 radical (unpaired) electrons. The van der Waals surface area contributed by atoms with E-state index in [2.05, 4.69) is 0 Å². The van der Waals surface area contributed by atoms with E-state index in [0.717, 1.165) is 0 Å². The maximum Gasteiger partial charge on any atom is 0.673 e. The Kier molecular flexibility index (Phi) is 37.5. The van der Waals surface area contributed by atoms with Gasteiger partial charge in [0.05, 0.1) is 0 Å². The van der Waals surface area contributed by atoms with Gasteiger partial charge in [0.15, 0.2) is 0 Å². The second-order valence-electron chi connectivity index (χ2n) is 14.2. The van der Waals surface area contributed by atoms with Crippen LogP contribution < -0.4 is 0 Å². The van der Waals surface area contributed by atoms with Crippen molar-refractivity contribution in [3.63, 3.8) is 0 Å². The molecule has 0 N–H and O–H groups in total. The third kappa shape index (κ3) is 27.9. The predicted molar refractivity (Wildman–Crippen MR) is 269 cm³/mol. The van der Waals surface area contributed by atoms with Crippen molar-refractivity contribution in [3.8, 4) is 0 Å². The number of hydrogen-bond acceptors (Lipinski definition) is 24. The fourth-order valence-corrected chi connectivity index (χ4v) is 35.5. The summed E-state index contributed by atoms with van der Waals surface area (Å²) in [5.41, 5.74) is 0. The van der Waals surface area contributed by atoms with E-state index in [1.807, 2.05) is 61.6 Å². The summed E-state index contributed by atoms with van der Waals surface area (Å²) in [6.07, 6.45) is 0. The Hall–Kier alpha value is 1.21. The maximum absolute atomic E-state index is 6.24. The van der Waals surface area contributed by atoms with Gasteiger partial charge >= 0.3 is 88.3 Å². The molecular weight excluding hydrogens is 1060 g/mol. The first-order chi connectivity index (χ1) is 31.0. The standard InChI is InChI=1S/C15H38O9Si3.C10H30O8Si4.C8H24O7Si3/c1-9-16-25(8,17-10-2)23-27(21-14-6,22-15-7)24-26(18-11-3,19-12-4)20-13-5;1-11-20(8,12-2)16-19(6,7)17-22(10,15-5)18-21(9,13-3)14-4;1-9-16(6,10-2)14-18(8,13-5)15-17(7,11-3)12-4/h9-15H2,1-8H3;1-10H3;1-8H3. The van der Waals surface area contributed by atoms with Crippen molar-refractivity contribution in [1.29, 1.82) is 0 Å². The van der Waals surface area contributed by atoms with Gasteiger partial charge in [-0.3, -0.25) is 0 Å². The van der Waals surface area contributed by atoms with E-state index in [1.54, 1.807) is 81.4 Å². The quantitative estimate of drug-likeness (QED) is 0.0711. The van der Waals surface area contributed by atoms with Gasteiger partial charge in [-0.2, -0.15) is 0 Å². The minimum atomic E-state index is -3.75. The third-order valence-electron chi connectivity index (χ3n) is 8.66. The van der Waals surface area contributed by atoms with Gasteiger partial charge in [0.1, 0.15) is 0 Å². The van der Waals surface area contributed by atoms with Gasteiger partial charge in [-0.15, -0.1) is 0 Å². The van der Waals surface area contributed by atoms with Crippen molar-refractivity contribution in [3.05, 3.63) is 0 Å². The van der Waals surface area contributed by atoms with E-state index >= 15 is 0 Å². The number of rotatable bonds is 38. The van der Waals surface area contributed by atoms with Gasteiger partial charge in [-0.1, -0.05) is 0 Å². The molecule has 0 aliphatic carbocycles. The van der Waals surface area contributed by atoms with Gasteiger partial charge in [0.25, 0.3) is 0 Å². The highest BCUT2D eigenvalue weighted by molar-refractivity contribution is 6.84. The van der Waals surface area contributed by atoms with Crippen molar-refractivity contribution in [2.75, 3.05) is 117 Å². The molecule has 0 aliphatic heterocycles. The van der Waals surface area contributed by atoms with Gasteiger partial charge < -0.3 is 104 Å². The topological polar surface area (TPSA) is 222 Å². The maximum atomic E-state index is 6.24. The normalized spacial score (nSPS) is 14.6. The highest BCUT2D eigenvalue weighted by Crippen LogP contribution is 2.28. The monoisotopic (exact) mass is 1150 g/mol. The van der Waals surface area contributed by atoms with E-state index in [9.17, 15) is 0 Å². The molecular formula is C33H92O24Si10. The zero-order valence-electron chi connectivity index (χ0n) is 45.7. The average molecular weight is 1150 g/mol. The average Bonchev–Trinajstić information content (AvgIpc) is 3.26. The second kappa shape index (κ2) is 34.7. The fourth-order valence-electron chi connectivity index (χ4n) is 5.08. The third-order valence-corrected chi connectivity index (χ3v) is 41.2. The molecule has 408 valence electrons. The Morgan fingerprint density at radius 3 is 0.657 bits per heavy atom. The first-order valence-electron chi connectivity index (χ1n) is 21.9. The molecule has 0 rings (SSSR count). The van der Waals surface area contributed by atoms with Gasteiger partial charge in [0, 0.05) is 163 Å². The van der Waals surface area contributed by atoms with Crippen LogP contribution in [0.15, 0.2) is 0 Å². The molecule has 67 heavy (non-hydrogen) atoms. The first-order valence-corrected chi connectivity index (χ1v) is 43.5. The summed E-state index contributed by atoms with van der Waals surface area (Å²) in [6, 6.07) is 0. The second-order valence-corrected chi connectivity index (χ2v) is 42.9.